The number of pyridine rings is 1. The first-order chi connectivity index (χ1) is 7.13. The molecule has 0 saturated carbocycles. The Morgan fingerprint density at radius 1 is 1.60 bits per heavy atom. The Hall–Kier alpha value is -1.10. The molecule has 0 saturated heterocycles. The van der Waals surface area contributed by atoms with Crippen molar-refractivity contribution < 1.29 is 5.11 Å². The minimum atomic E-state index is -0.808. The van der Waals surface area contributed by atoms with Crippen molar-refractivity contribution >= 4 is 17.2 Å². The predicted molar refractivity (Wildman–Crippen MR) is 59.0 cm³/mol. The quantitative estimate of drug-likeness (QED) is 0.810. The second kappa shape index (κ2) is 3.81. The topological polar surface area (TPSA) is 63.5 Å². The van der Waals surface area contributed by atoms with E-state index in [4.69, 9.17) is 17.3 Å². The molecular formula is C10H12ClN3O. The van der Waals surface area contributed by atoms with Crippen LogP contribution in [0.4, 0.5) is 0 Å². The van der Waals surface area contributed by atoms with Gasteiger partial charge in [-0.1, -0.05) is 17.7 Å². The van der Waals surface area contributed by atoms with Crippen LogP contribution in [0.25, 0.3) is 5.65 Å². The maximum absolute atomic E-state index is 9.60. The molecule has 0 aliphatic heterocycles. The van der Waals surface area contributed by atoms with E-state index in [9.17, 15) is 5.11 Å². The van der Waals surface area contributed by atoms with E-state index in [1.54, 1.807) is 4.40 Å². The van der Waals surface area contributed by atoms with Gasteiger partial charge in [-0.15, -0.1) is 0 Å². The van der Waals surface area contributed by atoms with E-state index in [1.807, 2.05) is 25.3 Å². The lowest BCUT2D eigenvalue weighted by molar-refractivity contribution is 0.182. The number of rotatable bonds is 2. The molecule has 2 rings (SSSR count). The Balaban J connectivity index is 2.64. The third-order valence-electron chi connectivity index (χ3n) is 2.27. The van der Waals surface area contributed by atoms with Crippen molar-refractivity contribution in [1.29, 1.82) is 0 Å². The molecule has 0 amide bonds. The summed E-state index contributed by atoms with van der Waals surface area (Å²) in [5.41, 5.74) is 7.60. The lowest BCUT2D eigenvalue weighted by Gasteiger charge is -2.03. The van der Waals surface area contributed by atoms with Crippen molar-refractivity contribution in [3.8, 4) is 0 Å². The smallest absolute Gasteiger partial charge is 0.139 e. The van der Waals surface area contributed by atoms with Gasteiger partial charge in [0.15, 0.2) is 0 Å². The van der Waals surface area contributed by atoms with Gasteiger partial charge in [0, 0.05) is 12.7 Å². The van der Waals surface area contributed by atoms with Crippen molar-refractivity contribution in [2.24, 2.45) is 5.73 Å². The summed E-state index contributed by atoms with van der Waals surface area (Å²) in [5, 5.41) is 10.0. The van der Waals surface area contributed by atoms with E-state index < -0.39 is 6.10 Å². The van der Waals surface area contributed by atoms with Gasteiger partial charge in [-0.05, 0) is 18.6 Å². The summed E-state index contributed by atoms with van der Waals surface area (Å²) in [6.45, 7) is 2.08. The molecule has 0 radical (unpaired) electrons. The first kappa shape index (κ1) is 10.4. The number of imidazole rings is 1. The molecule has 0 spiro atoms. The van der Waals surface area contributed by atoms with Gasteiger partial charge in [0.25, 0.3) is 0 Å². The molecule has 1 atom stereocenters. The predicted octanol–water partition coefficient (Wildman–Crippen LogP) is 1.29. The van der Waals surface area contributed by atoms with E-state index in [0.29, 0.717) is 16.5 Å². The monoisotopic (exact) mass is 225 g/mol. The fourth-order valence-corrected chi connectivity index (χ4v) is 1.77. The number of aryl methyl sites for hydroxylation is 1. The number of hydrogen-bond acceptors (Lipinski definition) is 3. The molecule has 0 bridgehead atoms. The Labute approximate surface area is 92.3 Å². The molecule has 0 aliphatic rings. The lowest BCUT2D eigenvalue weighted by atomic mass is 10.3. The van der Waals surface area contributed by atoms with Crippen molar-refractivity contribution in [3.05, 3.63) is 34.7 Å². The van der Waals surface area contributed by atoms with Gasteiger partial charge in [0.2, 0.25) is 0 Å². The molecule has 2 aromatic rings. The van der Waals surface area contributed by atoms with Crippen LogP contribution in [0, 0.1) is 6.92 Å². The number of aromatic nitrogens is 2. The maximum atomic E-state index is 9.60. The second-order valence-corrected chi connectivity index (χ2v) is 3.83. The normalized spacial score (nSPS) is 13.3. The van der Waals surface area contributed by atoms with Crippen LogP contribution in [0.15, 0.2) is 18.3 Å². The highest BCUT2D eigenvalue weighted by atomic mass is 35.5. The Morgan fingerprint density at radius 2 is 2.33 bits per heavy atom. The number of fused-ring (bicyclic) bond motifs is 1. The molecule has 2 aromatic heterocycles. The van der Waals surface area contributed by atoms with Crippen LogP contribution < -0.4 is 5.73 Å². The third-order valence-corrected chi connectivity index (χ3v) is 2.65. The zero-order valence-electron chi connectivity index (χ0n) is 8.31. The molecule has 0 aliphatic carbocycles. The third kappa shape index (κ3) is 1.71. The van der Waals surface area contributed by atoms with E-state index in [2.05, 4.69) is 4.98 Å². The fourth-order valence-electron chi connectivity index (χ4n) is 1.46. The number of nitrogens with two attached hydrogens (primary N) is 1. The summed E-state index contributed by atoms with van der Waals surface area (Å²) in [5.74, 6) is 0. The summed E-state index contributed by atoms with van der Waals surface area (Å²) < 4.78 is 1.74. The minimum absolute atomic E-state index is 0.114. The molecule has 4 nitrogen and oxygen atoms in total. The van der Waals surface area contributed by atoms with Crippen LogP contribution in [0.1, 0.15) is 17.4 Å². The van der Waals surface area contributed by atoms with Crippen molar-refractivity contribution in [2.45, 2.75) is 13.0 Å². The number of aliphatic hydroxyl groups excluding tert-OH is 1. The Kier molecular flexibility index (Phi) is 2.65. The van der Waals surface area contributed by atoms with Gasteiger partial charge in [-0.2, -0.15) is 0 Å². The summed E-state index contributed by atoms with van der Waals surface area (Å²) in [6.07, 6.45) is 1.06. The van der Waals surface area contributed by atoms with Crippen LogP contribution in [-0.4, -0.2) is 21.0 Å². The fraction of sp³-hybridized carbons (Fsp3) is 0.300. The highest BCUT2D eigenvalue weighted by Crippen LogP contribution is 2.23. The van der Waals surface area contributed by atoms with Gasteiger partial charge < -0.3 is 10.8 Å². The number of halogens is 1. The largest absolute Gasteiger partial charge is 0.385 e. The molecule has 5 heteroatoms. The minimum Gasteiger partial charge on any atom is -0.385 e. The molecule has 2 heterocycles. The van der Waals surface area contributed by atoms with Crippen molar-refractivity contribution in [1.82, 2.24) is 9.38 Å². The van der Waals surface area contributed by atoms with Gasteiger partial charge in [-0.25, -0.2) is 4.98 Å². The van der Waals surface area contributed by atoms with Crippen LogP contribution in [0.3, 0.4) is 0 Å². The average Bonchev–Trinajstić information content (AvgIpc) is 2.55. The number of hydrogen-bond donors (Lipinski definition) is 2. The first-order valence-electron chi connectivity index (χ1n) is 4.65. The van der Waals surface area contributed by atoms with Gasteiger partial charge >= 0.3 is 0 Å². The molecule has 1 unspecified atom stereocenters. The second-order valence-electron chi connectivity index (χ2n) is 3.47. The molecule has 15 heavy (non-hydrogen) atoms. The summed E-state index contributed by atoms with van der Waals surface area (Å²) >= 11 is 6.09. The van der Waals surface area contributed by atoms with E-state index in [1.165, 1.54) is 0 Å². The molecule has 0 aromatic carbocycles. The van der Waals surface area contributed by atoms with Crippen LogP contribution >= 0.6 is 11.6 Å². The van der Waals surface area contributed by atoms with Crippen LogP contribution in [0.5, 0.6) is 0 Å². The SMILES string of the molecule is Cc1ccc2nc(C(O)CN)c(Cl)n2c1. The molecule has 0 fully saturated rings. The van der Waals surface area contributed by atoms with E-state index in [-0.39, 0.29) is 6.54 Å². The first-order valence-corrected chi connectivity index (χ1v) is 5.03. The van der Waals surface area contributed by atoms with E-state index >= 15 is 0 Å². The Bertz CT molecular complexity index is 495. The summed E-state index contributed by atoms with van der Waals surface area (Å²) in [6, 6.07) is 3.80. The van der Waals surface area contributed by atoms with Crippen LogP contribution in [0.2, 0.25) is 5.15 Å². The van der Waals surface area contributed by atoms with Crippen molar-refractivity contribution in [3.63, 3.8) is 0 Å². The van der Waals surface area contributed by atoms with Crippen molar-refractivity contribution in [2.75, 3.05) is 6.54 Å². The highest BCUT2D eigenvalue weighted by Gasteiger charge is 2.16. The Morgan fingerprint density at radius 3 is 3.00 bits per heavy atom. The summed E-state index contributed by atoms with van der Waals surface area (Å²) in [7, 11) is 0. The molecule has 3 N–H and O–H groups in total. The molecular weight excluding hydrogens is 214 g/mol. The van der Waals surface area contributed by atoms with Crippen LogP contribution in [-0.2, 0) is 0 Å². The van der Waals surface area contributed by atoms with Gasteiger partial charge in [0.1, 0.15) is 22.6 Å². The van der Waals surface area contributed by atoms with Gasteiger partial charge in [0.05, 0.1) is 0 Å². The van der Waals surface area contributed by atoms with E-state index in [0.717, 1.165) is 5.56 Å². The average molecular weight is 226 g/mol. The maximum Gasteiger partial charge on any atom is 0.139 e. The number of nitrogens with zero attached hydrogens (tertiary/aromatic N) is 2. The summed E-state index contributed by atoms with van der Waals surface area (Å²) in [4.78, 5) is 4.23. The lowest BCUT2D eigenvalue weighted by Crippen LogP contribution is -2.12. The van der Waals surface area contributed by atoms with Gasteiger partial charge in [-0.3, -0.25) is 4.40 Å². The zero-order chi connectivity index (χ0) is 11.0. The molecule has 80 valence electrons. The highest BCUT2D eigenvalue weighted by molar-refractivity contribution is 6.30. The standard InChI is InChI=1S/C10H12ClN3O/c1-6-2-3-8-13-9(7(15)4-12)10(11)14(8)5-6/h2-3,5,7,15H,4,12H2,1H3. The zero-order valence-corrected chi connectivity index (χ0v) is 9.07. The number of aliphatic hydroxyl groups is 1.